The first-order valence-corrected chi connectivity index (χ1v) is 10.2. The molecule has 0 spiro atoms. The summed E-state index contributed by atoms with van der Waals surface area (Å²) in [6.07, 6.45) is 2.06. The summed E-state index contributed by atoms with van der Waals surface area (Å²) in [5.41, 5.74) is 0.472. The second-order valence-corrected chi connectivity index (χ2v) is 8.08. The number of amides is 2. The van der Waals surface area contributed by atoms with Crippen LogP contribution in [0.5, 0.6) is 0 Å². The largest absolute Gasteiger partial charge is 0.320 e. The van der Waals surface area contributed by atoms with Crippen LogP contribution in [0.1, 0.15) is 59.0 Å². The minimum Gasteiger partial charge on any atom is -0.320 e. The number of rotatable bonds is 6. The Morgan fingerprint density at radius 3 is 2.59 bits per heavy atom. The molecule has 1 aliphatic carbocycles. The zero-order chi connectivity index (χ0) is 23.0. The predicted octanol–water partition coefficient (Wildman–Crippen LogP) is 3.81. The number of halogens is 2. The van der Waals surface area contributed by atoms with Crippen molar-refractivity contribution >= 4 is 17.6 Å². The van der Waals surface area contributed by atoms with E-state index < -0.39 is 23.4 Å². The van der Waals surface area contributed by atoms with Crippen molar-refractivity contribution in [2.45, 2.75) is 45.4 Å². The summed E-state index contributed by atoms with van der Waals surface area (Å²) < 4.78 is 30.3. The number of nitrogens with one attached hydrogen (secondary N) is 2. The molecule has 0 radical (unpaired) electrons. The quantitative estimate of drug-likeness (QED) is 0.568. The van der Waals surface area contributed by atoms with Gasteiger partial charge in [-0.2, -0.15) is 0 Å². The van der Waals surface area contributed by atoms with Crippen LogP contribution in [0, 0.1) is 12.7 Å². The standard InChI is InChI=1S/C22H22F2N6O2/c1-12(2)30-11-25-29-19(30)17-5-4-6-18(26-17)27-20(31)15-10-14(13(3)9-16(15)23)21(32)28-22(24)7-8-22/h4-6,9-12H,7-8H2,1-3H3,(H,28,32)(H,26,27,31). The van der Waals surface area contributed by atoms with Gasteiger partial charge in [0, 0.05) is 24.4 Å². The molecule has 10 heteroatoms. The van der Waals surface area contributed by atoms with Crippen molar-refractivity contribution in [3.63, 3.8) is 0 Å². The number of aryl methyl sites for hydroxylation is 1. The number of benzene rings is 1. The van der Waals surface area contributed by atoms with E-state index in [1.54, 1.807) is 24.5 Å². The molecule has 166 valence electrons. The van der Waals surface area contributed by atoms with E-state index in [1.807, 2.05) is 18.4 Å². The Morgan fingerprint density at radius 2 is 1.91 bits per heavy atom. The monoisotopic (exact) mass is 440 g/mol. The number of carbonyl (C=O) groups is 2. The fourth-order valence-electron chi connectivity index (χ4n) is 3.21. The lowest BCUT2D eigenvalue weighted by molar-refractivity contribution is 0.0877. The molecule has 0 bridgehead atoms. The molecule has 4 rings (SSSR count). The first-order chi connectivity index (χ1) is 15.2. The van der Waals surface area contributed by atoms with Crippen LogP contribution >= 0.6 is 0 Å². The Morgan fingerprint density at radius 1 is 1.16 bits per heavy atom. The van der Waals surface area contributed by atoms with Gasteiger partial charge in [0.2, 0.25) is 0 Å². The third-order valence-corrected chi connectivity index (χ3v) is 5.18. The average Bonchev–Trinajstić information content (AvgIpc) is 3.25. The Hall–Kier alpha value is -3.69. The summed E-state index contributed by atoms with van der Waals surface area (Å²) in [6.45, 7) is 5.47. The van der Waals surface area contributed by atoms with E-state index >= 15 is 0 Å². The predicted molar refractivity (Wildman–Crippen MR) is 113 cm³/mol. The van der Waals surface area contributed by atoms with Gasteiger partial charge in [0.15, 0.2) is 11.6 Å². The zero-order valence-electron chi connectivity index (χ0n) is 17.8. The molecule has 1 aromatic carbocycles. The Kier molecular flexibility index (Phi) is 5.45. The maximum absolute atomic E-state index is 14.5. The van der Waals surface area contributed by atoms with Crippen molar-refractivity contribution in [3.05, 3.63) is 59.2 Å². The summed E-state index contributed by atoms with van der Waals surface area (Å²) in [5, 5.41) is 12.8. The molecule has 0 unspecified atom stereocenters. The lowest BCUT2D eigenvalue weighted by atomic mass is 10.0. The number of aromatic nitrogens is 4. The highest BCUT2D eigenvalue weighted by atomic mass is 19.1. The van der Waals surface area contributed by atoms with E-state index in [2.05, 4.69) is 25.8 Å². The fraction of sp³-hybridized carbons (Fsp3) is 0.318. The van der Waals surface area contributed by atoms with Crippen molar-refractivity contribution in [2.75, 3.05) is 5.32 Å². The molecule has 2 amide bonds. The summed E-state index contributed by atoms with van der Waals surface area (Å²) in [4.78, 5) is 29.5. The molecule has 2 N–H and O–H groups in total. The Balaban J connectivity index is 1.58. The van der Waals surface area contributed by atoms with Crippen molar-refractivity contribution < 1.29 is 18.4 Å². The maximum atomic E-state index is 14.5. The van der Waals surface area contributed by atoms with Crippen LogP contribution in [0.25, 0.3) is 11.5 Å². The van der Waals surface area contributed by atoms with Gasteiger partial charge in [-0.15, -0.1) is 10.2 Å². The molecule has 0 saturated heterocycles. The summed E-state index contributed by atoms with van der Waals surface area (Å²) in [7, 11) is 0. The number of hydrogen-bond acceptors (Lipinski definition) is 5. The van der Waals surface area contributed by atoms with Crippen molar-refractivity contribution in [3.8, 4) is 11.5 Å². The second kappa shape index (κ2) is 8.10. The van der Waals surface area contributed by atoms with Gasteiger partial charge in [0.25, 0.3) is 11.8 Å². The van der Waals surface area contributed by atoms with Crippen LogP contribution in [-0.4, -0.2) is 37.4 Å². The fourth-order valence-corrected chi connectivity index (χ4v) is 3.21. The molecule has 3 aromatic rings. The number of nitrogens with zero attached hydrogens (tertiary/aromatic N) is 4. The van der Waals surface area contributed by atoms with E-state index in [0.29, 0.717) is 17.1 Å². The summed E-state index contributed by atoms with van der Waals surface area (Å²) >= 11 is 0. The van der Waals surface area contributed by atoms with Gasteiger partial charge in [-0.3, -0.25) is 9.59 Å². The van der Waals surface area contributed by atoms with Gasteiger partial charge < -0.3 is 15.2 Å². The molecule has 1 fully saturated rings. The lowest BCUT2D eigenvalue weighted by Crippen LogP contribution is -2.34. The van der Waals surface area contributed by atoms with E-state index in [-0.39, 0.29) is 35.8 Å². The van der Waals surface area contributed by atoms with Crippen LogP contribution in [0.3, 0.4) is 0 Å². The lowest BCUT2D eigenvalue weighted by Gasteiger charge is -2.13. The Bertz CT molecular complexity index is 1200. The SMILES string of the molecule is Cc1cc(F)c(C(=O)Nc2cccc(-c3nncn3C(C)C)n2)cc1C(=O)NC1(F)CC1. The maximum Gasteiger partial charge on any atom is 0.259 e. The van der Waals surface area contributed by atoms with Gasteiger partial charge in [-0.25, -0.2) is 13.8 Å². The molecule has 2 heterocycles. The third-order valence-electron chi connectivity index (χ3n) is 5.18. The van der Waals surface area contributed by atoms with Gasteiger partial charge in [0.05, 0.1) is 5.56 Å². The number of pyridine rings is 1. The molecule has 1 saturated carbocycles. The van der Waals surface area contributed by atoms with Crippen LogP contribution in [0.4, 0.5) is 14.6 Å². The first kappa shape index (κ1) is 21.5. The van der Waals surface area contributed by atoms with E-state index in [0.717, 1.165) is 12.1 Å². The molecular weight excluding hydrogens is 418 g/mol. The molecule has 32 heavy (non-hydrogen) atoms. The van der Waals surface area contributed by atoms with Crippen molar-refractivity contribution in [2.24, 2.45) is 0 Å². The van der Waals surface area contributed by atoms with Crippen molar-refractivity contribution in [1.29, 1.82) is 0 Å². The smallest absolute Gasteiger partial charge is 0.259 e. The molecule has 1 aliphatic rings. The molecule has 8 nitrogen and oxygen atoms in total. The normalized spacial score (nSPS) is 14.3. The zero-order valence-corrected chi connectivity index (χ0v) is 17.8. The highest BCUT2D eigenvalue weighted by Crippen LogP contribution is 2.37. The first-order valence-electron chi connectivity index (χ1n) is 10.2. The third kappa shape index (κ3) is 4.34. The Labute approximate surface area is 183 Å². The summed E-state index contributed by atoms with van der Waals surface area (Å²) in [6, 6.07) is 7.26. The van der Waals surface area contributed by atoms with Crippen LogP contribution in [0.15, 0.2) is 36.7 Å². The minimum absolute atomic E-state index is 0.0345. The van der Waals surface area contributed by atoms with Gasteiger partial charge >= 0.3 is 0 Å². The topological polar surface area (TPSA) is 102 Å². The molecule has 2 aromatic heterocycles. The summed E-state index contributed by atoms with van der Waals surface area (Å²) in [5.74, 6) is -3.29. The van der Waals surface area contributed by atoms with E-state index in [4.69, 9.17) is 0 Å². The average molecular weight is 440 g/mol. The van der Waals surface area contributed by atoms with Crippen LogP contribution in [0.2, 0.25) is 0 Å². The van der Waals surface area contributed by atoms with Crippen LogP contribution in [-0.2, 0) is 0 Å². The highest BCUT2D eigenvalue weighted by Gasteiger charge is 2.45. The molecular formula is C22H22F2N6O2. The van der Waals surface area contributed by atoms with Gasteiger partial charge in [-0.1, -0.05) is 6.07 Å². The van der Waals surface area contributed by atoms with E-state index in [9.17, 15) is 18.4 Å². The van der Waals surface area contributed by atoms with Gasteiger partial charge in [-0.05, 0) is 50.6 Å². The van der Waals surface area contributed by atoms with E-state index in [1.165, 1.54) is 6.92 Å². The number of anilines is 1. The van der Waals surface area contributed by atoms with Crippen LogP contribution < -0.4 is 10.6 Å². The number of hydrogen-bond donors (Lipinski definition) is 2. The van der Waals surface area contributed by atoms with Gasteiger partial charge in [0.1, 0.15) is 23.7 Å². The van der Waals surface area contributed by atoms with Crippen molar-refractivity contribution in [1.82, 2.24) is 25.1 Å². The molecule has 0 aliphatic heterocycles. The number of alkyl halides is 1. The molecule has 0 atom stereocenters. The highest BCUT2D eigenvalue weighted by molar-refractivity contribution is 6.06. The number of carbonyl (C=O) groups excluding carboxylic acids is 2. The second-order valence-electron chi connectivity index (χ2n) is 8.08. The minimum atomic E-state index is -1.72.